The Morgan fingerprint density at radius 3 is 1.88 bits per heavy atom. The predicted molar refractivity (Wildman–Crippen MR) is 65.6 cm³/mol. The molecule has 0 aromatic rings. The normalized spacial score (nSPS) is 58.9. The van der Waals surface area contributed by atoms with Crippen LogP contribution in [0.1, 0.15) is 52.4 Å². The van der Waals surface area contributed by atoms with Gasteiger partial charge in [-0.15, -0.1) is 0 Å². The molecule has 4 fully saturated rings. The lowest BCUT2D eigenvalue weighted by Gasteiger charge is -2.66. The molecule has 2 unspecified atom stereocenters. The quantitative estimate of drug-likeness (QED) is 0.748. The predicted octanol–water partition coefficient (Wildman–Crippen LogP) is 3.59. The molecule has 4 bridgehead atoms. The van der Waals surface area contributed by atoms with Gasteiger partial charge in [0, 0.05) is 4.32 Å². The van der Waals surface area contributed by atoms with E-state index in [2.05, 4.69) is 29.8 Å². The maximum Gasteiger partial charge on any atom is 0.309 e. The first-order valence-corrected chi connectivity index (χ1v) is 6.90. The number of carboxylic acid groups (broad SMARTS) is 1. The fourth-order valence-corrected chi connectivity index (χ4v) is 7.67. The molecular formula is C13H19BrO2. The van der Waals surface area contributed by atoms with Crippen LogP contribution in [0.4, 0.5) is 0 Å². The first-order chi connectivity index (χ1) is 7.19. The van der Waals surface area contributed by atoms with E-state index in [1.165, 1.54) is 6.42 Å². The Morgan fingerprint density at radius 2 is 1.50 bits per heavy atom. The highest BCUT2D eigenvalue weighted by atomic mass is 79.9. The van der Waals surface area contributed by atoms with Crippen molar-refractivity contribution >= 4 is 21.9 Å². The Hall–Kier alpha value is -0.0500. The Kier molecular flexibility index (Phi) is 1.85. The molecule has 0 amide bonds. The van der Waals surface area contributed by atoms with Crippen LogP contribution in [0.5, 0.6) is 0 Å². The van der Waals surface area contributed by atoms with E-state index in [9.17, 15) is 9.90 Å². The molecule has 1 N–H and O–H groups in total. The summed E-state index contributed by atoms with van der Waals surface area (Å²) < 4.78 is 0.101. The third-order valence-electron chi connectivity index (χ3n) is 4.98. The summed E-state index contributed by atoms with van der Waals surface area (Å²) in [5.74, 6) is -0.562. The third kappa shape index (κ3) is 1.33. The van der Waals surface area contributed by atoms with Gasteiger partial charge in [0.1, 0.15) is 0 Å². The van der Waals surface area contributed by atoms with Gasteiger partial charge in [-0.1, -0.05) is 29.8 Å². The third-order valence-corrected chi connectivity index (χ3v) is 5.82. The summed E-state index contributed by atoms with van der Waals surface area (Å²) in [6.45, 7) is 4.58. The first kappa shape index (κ1) is 11.1. The van der Waals surface area contributed by atoms with E-state index in [1.807, 2.05) is 0 Å². The monoisotopic (exact) mass is 286 g/mol. The van der Waals surface area contributed by atoms with E-state index in [1.54, 1.807) is 0 Å². The SMILES string of the molecule is CC12CC3(C)CC(Br)(C1)CC(C(=O)O)(C2)C3. The molecule has 3 heteroatoms. The topological polar surface area (TPSA) is 37.3 Å². The van der Waals surface area contributed by atoms with Crippen molar-refractivity contribution in [1.29, 1.82) is 0 Å². The number of carbonyl (C=O) groups is 1. The number of hydrogen-bond donors (Lipinski definition) is 1. The van der Waals surface area contributed by atoms with Gasteiger partial charge in [0.2, 0.25) is 0 Å². The summed E-state index contributed by atoms with van der Waals surface area (Å²) in [5, 5.41) is 9.60. The highest BCUT2D eigenvalue weighted by molar-refractivity contribution is 9.10. The van der Waals surface area contributed by atoms with Gasteiger partial charge in [-0.3, -0.25) is 4.79 Å². The lowest BCUT2D eigenvalue weighted by atomic mass is 9.40. The van der Waals surface area contributed by atoms with Gasteiger partial charge in [0.15, 0.2) is 0 Å². The van der Waals surface area contributed by atoms with E-state index in [0.717, 1.165) is 32.1 Å². The number of aliphatic carboxylic acids is 1. The number of alkyl halides is 1. The van der Waals surface area contributed by atoms with E-state index in [4.69, 9.17) is 0 Å². The molecule has 4 aliphatic rings. The lowest BCUT2D eigenvalue weighted by molar-refractivity contribution is -0.180. The Morgan fingerprint density at radius 1 is 1.00 bits per heavy atom. The van der Waals surface area contributed by atoms with E-state index >= 15 is 0 Å². The summed E-state index contributed by atoms with van der Waals surface area (Å²) in [6, 6.07) is 0. The van der Waals surface area contributed by atoms with Crippen LogP contribution in [0.25, 0.3) is 0 Å². The minimum atomic E-state index is -0.562. The van der Waals surface area contributed by atoms with E-state index in [-0.39, 0.29) is 15.2 Å². The summed E-state index contributed by atoms with van der Waals surface area (Å²) in [4.78, 5) is 11.7. The molecule has 2 atom stereocenters. The smallest absolute Gasteiger partial charge is 0.309 e. The molecular weight excluding hydrogens is 268 g/mol. The number of carboxylic acids is 1. The maximum atomic E-state index is 11.7. The number of rotatable bonds is 1. The van der Waals surface area contributed by atoms with Gasteiger partial charge < -0.3 is 5.11 Å². The molecule has 0 aromatic carbocycles. The lowest BCUT2D eigenvalue weighted by Crippen LogP contribution is -2.62. The van der Waals surface area contributed by atoms with Gasteiger partial charge in [0.05, 0.1) is 5.41 Å². The van der Waals surface area contributed by atoms with Crippen molar-refractivity contribution in [2.45, 2.75) is 56.7 Å². The van der Waals surface area contributed by atoms with Crippen LogP contribution in [0.3, 0.4) is 0 Å². The second kappa shape index (κ2) is 2.68. The van der Waals surface area contributed by atoms with Crippen LogP contribution in [-0.4, -0.2) is 15.4 Å². The molecule has 2 nitrogen and oxygen atoms in total. The van der Waals surface area contributed by atoms with Gasteiger partial charge >= 0.3 is 5.97 Å². The maximum absolute atomic E-state index is 11.7. The average molecular weight is 287 g/mol. The Balaban J connectivity index is 2.11. The molecule has 4 rings (SSSR count). The van der Waals surface area contributed by atoms with Crippen LogP contribution in [0.15, 0.2) is 0 Å². The van der Waals surface area contributed by atoms with Crippen molar-refractivity contribution in [2.75, 3.05) is 0 Å². The van der Waals surface area contributed by atoms with Crippen LogP contribution in [0, 0.1) is 16.2 Å². The summed E-state index contributed by atoms with van der Waals surface area (Å²) in [5.41, 5.74) is 0.0402. The highest BCUT2D eigenvalue weighted by Crippen LogP contribution is 2.72. The van der Waals surface area contributed by atoms with Crippen molar-refractivity contribution in [1.82, 2.24) is 0 Å². The molecule has 0 radical (unpaired) electrons. The summed E-state index contributed by atoms with van der Waals surface area (Å²) in [7, 11) is 0. The summed E-state index contributed by atoms with van der Waals surface area (Å²) >= 11 is 3.87. The minimum Gasteiger partial charge on any atom is -0.481 e. The molecule has 16 heavy (non-hydrogen) atoms. The molecule has 0 aliphatic heterocycles. The van der Waals surface area contributed by atoms with Gasteiger partial charge in [-0.2, -0.15) is 0 Å². The van der Waals surface area contributed by atoms with Crippen LogP contribution < -0.4 is 0 Å². The zero-order valence-corrected chi connectivity index (χ0v) is 11.6. The average Bonchev–Trinajstić information content (AvgIpc) is 1.92. The van der Waals surface area contributed by atoms with Crippen LogP contribution in [-0.2, 0) is 4.79 Å². The number of hydrogen-bond acceptors (Lipinski definition) is 1. The van der Waals surface area contributed by atoms with Crippen molar-refractivity contribution < 1.29 is 9.90 Å². The van der Waals surface area contributed by atoms with Gasteiger partial charge in [-0.25, -0.2) is 0 Å². The molecule has 4 saturated carbocycles. The Bertz CT molecular complexity index is 323. The van der Waals surface area contributed by atoms with Crippen molar-refractivity contribution in [3.63, 3.8) is 0 Å². The van der Waals surface area contributed by atoms with E-state index < -0.39 is 11.4 Å². The van der Waals surface area contributed by atoms with Crippen molar-refractivity contribution in [3.8, 4) is 0 Å². The van der Waals surface area contributed by atoms with Crippen molar-refractivity contribution in [2.24, 2.45) is 16.2 Å². The van der Waals surface area contributed by atoms with Crippen LogP contribution in [0.2, 0.25) is 0 Å². The molecule has 0 aromatic heterocycles. The Labute approximate surface area is 105 Å². The first-order valence-electron chi connectivity index (χ1n) is 6.11. The number of halogens is 1. The molecule has 0 heterocycles. The van der Waals surface area contributed by atoms with E-state index in [0.29, 0.717) is 0 Å². The highest BCUT2D eigenvalue weighted by Gasteiger charge is 2.67. The molecule has 0 saturated heterocycles. The van der Waals surface area contributed by atoms with Crippen molar-refractivity contribution in [3.05, 3.63) is 0 Å². The second-order valence-electron chi connectivity index (χ2n) is 7.42. The molecule has 4 aliphatic carbocycles. The largest absolute Gasteiger partial charge is 0.481 e. The minimum absolute atomic E-state index is 0.101. The van der Waals surface area contributed by atoms with Crippen LogP contribution >= 0.6 is 15.9 Å². The molecule has 0 spiro atoms. The van der Waals surface area contributed by atoms with Gasteiger partial charge in [-0.05, 0) is 49.4 Å². The standard InChI is InChI=1S/C13H19BrO2/c1-10-3-11(2)5-12(4-10,9(15)16)8-13(14,6-10)7-11/h3-8H2,1-2H3,(H,15,16). The second-order valence-corrected chi connectivity index (χ2v) is 9.10. The zero-order chi connectivity index (χ0) is 11.8. The molecule has 90 valence electrons. The summed E-state index contributed by atoms with van der Waals surface area (Å²) in [6.07, 6.45) is 6.13. The zero-order valence-electron chi connectivity index (χ0n) is 9.98. The fraction of sp³-hybridized carbons (Fsp3) is 0.923. The fourth-order valence-electron chi connectivity index (χ4n) is 5.78. The van der Waals surface area contributed by atoms with Gasteiger partial charge in [0.25, 0.3) is 0 Å².